The second-order valence-corrected chi connectivity index (χ2v) is 5.70. The maximum absolute atomic E-state index is 12.8. The molecule has 3 aromatic carbocycles. The Hall–Kier alpha value is -3.34. The van der Waals surface area contributed by atoms with E-state index in [0.717, 1.165) is 11.3 Å². The van der Waals surface area contributed by atoms with Crippen molar-refractivity contribution in [1.29, 1.82) is 0 Å². The lowest BCUT2D eigenvalue weighted by Crippen LogP contribution is -2.30. The lowest BCUT2D eigenvalue weighted by molar-refractivity contribution is 0.252. The van der Waals surface area contributed by atoms with Crippen LogP contribution in [0, 0.1) is 5.82 Å². The maximum Gasteiger partial charge on any atom is 0.319 e. The highest BCUT2D eigenvalue weighted by atomic mass is 19.1. The summed E-state index contributed by atoms with van der Waals surface area (Å²) in [5.74, 6) is 1.18. The van der Waals surface area contributed by atoms with Gasteiger partial charge >= 0.3 is 6.03 Å². The van der Waals surface area contributed by atoms with Gasteiger partial charge < -0.3 is 15.4 Å². The summed E-state index contributed by atoms with van der Waals surface area (Å²) in [6.45, 7) is 0.465. The van der Waals surface area contributed by atoms with Gasteiger partial charge in [-0.25, -0.2) is 9.18 Å². The minimum atomic E-state index is -0.288. The molecule has 0 saturated heterocycles. The normalized spacial score (nSPS) is 10.2. The van der Waals surface area contributed by atoms with E-state index in [4.69, 9.17) is 4.74 Å². The van der Waals surface area contributed by atoms with E-state index in [9.17, 15) is 9.18 Å². The highest BCUT2D eigenvalue weighted by Gasteiger charge is 2.03. The SMILES string of the molecule is O=C(NCCc1ccc(F)cc1)Nc1ccc(Oc2ccccc2)cc1. The number of nitrogens with one attached hydrogen (secondary N) is 2. The fourth-order valence-electron chi connectivity index (χ4n) is 2.38. The molecule has 0 spiro atoms. The van der Waals surface area contributed by atoms with Crippen LogP contribution in [0.2, 0.25) is 0 Å². The average Bonchev–Trinajstić information content (AvgIpc) is 2.66. The summed E-state index contributed by atoms with van der Waals surface area (Å²) in [5.41, 5.74) is 1.64. The molecule has 4 nitrogen and oxygen atoms in total. The molecule has 0 bridgehead atoms. The number of hydrogen-bond donors (Lipinski definition) is 2. The molecule has 3 aromatic rings. The zero-order valence-electron chi connectivity index (χ0n) is 14.1. The molecule has 5 heteroatoms. The molecular weight excluding hydrogens is 331 g/mol. The first kappa shape index (κ1) is 17.5. The van der Waals surface area contributed by atoms with Gasteiger partial charge in [0, 0.05) is 12.2 Å². The largest absolute Gasteiger partial charge is 0.457 e. The number of benzene rings is 3. The van der Waals surface area contributed by atoms with Crippen LogP contribution >= 0.6 is 0 Å². The average molecular weight is 350 g/mol. The lowest BCUT2D eigenvalue weighted by Gasteiger charge is -2.09. The molecule has 0 atom stereocenters. The summed E-state index contributed by atoms with van der Waals surface area (Å²) in [5, 5.41) is 5.54. The summed E-state index contributed by atoms with van der Waals surface area (Å²) in [6, 6.07) is 22.6. The summed E-state index contributed by atoms with van der Waals surface area (Å²) >= 11 is 0. The molecule has 0 radical (unpaired) electrons. The summed E-state index contributed by atoms with van der Waals surface area (Å²) < 4.78 is 18.5. The van der Waals surface area contributed by atoms with E-state index in [1.54, 1.807) is 36.4 Å². The Morgan fingerprint density at radius 2 is 1.50 bits per heavy atom. The summed E-state index contributed by atoms with van der Waals surface area (Å²) in [4.78, 5) is 11.9. The predicted octanol–water partition coefficient (Wildman–Crippen LogP) is 4.98. The monoisotopic (exact) mass is 350 g/mol. The minimum Gasteiger partial charge on any atom is -0.457 e. The molecule has 0 saturated carbocycles. The van der Waals surface area contributed by atoms with Crippen molar-refractivity contribution in [3.8, 4) is 11.5 Å². The molecule has 2 N–H and O–H groups in total. The number of hydrogen-bond acceptors (Lipinski definition) is 2. The van der Waals surface area contributed by atoms with Crippen LogP contribution in [0.4, 0.5) is 14.9 Å². The molecule has 0 unspecified atom stereocenters. The van der Waals surface area contributed by atoms with Gasteiger partial charge in [-0.1, -0.05) is 30.3 Å². The van der Waals surface area contributed by atoms with Crippen LogP contribution in [0.25, 0.3) is 0 Å². The number of urea groups is 1. The fourth-order valence-corrected chi connectivity index (χ4v) is 2.38. The molecule has 0 heterocycles. The molecule has 26 heavy (non-hydrogen) atoms. The third-order valence-corrected chi connectivity index (χ3v) is 3.70. The topological polar surface area (TPSA) is 50.4 Å². The van der Waals surface area contributed by atoms with Gasteiger partial charge in [0.25, 0.3) is 0 Å². The number of amides is 2. The number of carbonyl (C=O) groups is 1. The Labute approximate surface area is 151 Å². The van der Waals surface area contributed by atoms with Crippen molar-refractivity contribution in [2.75, 3.05) is 11.9 Å². The van der Waals surface area contributed by atoms with Crippen molar-refractivity contribution in [1.82, 2.24) is 5.32 Å². The highest BCUT2D eigenvalue weighted by molar-refractivity contribution is 5.89. The second-order valence-electron chi connectivity index (χ2n) is 5.70. The smallest absolute Gasteiger partial charge is 0.319 e. The van der Waals surface area contributed by atoms with Gasteiger partial charge in [-0.05, 0) is 60.5 Å². The van der Waals surface area contributed by atoms with Gasteiger partial charge in [0.1, 0.15) is 17.3 Å². The van der Waals surface area contributed by atoms with Crippen molar-refractivity contribution in [3.05, 3.63) is 90.2 Å². The molecule has 132 valence electrons. The Bertz CT molecular complexity index is 834. The van der Waals surface area contributed by atoms with Crippen LogP contribution in [0.1, 0.15) is 5.56 Å². The third-order valence-electron chi connectivity index (χ3n) is 3.70. The molecule has 0 aliphatic carbocycles. The van der Waals surface area contributed by atoms with E-state index >= 15 is 0 Å². The zero-order chi connectivity index (χ0) is 18.2. The van der Waals surface area contributed by atoms with Crippen LogP contribution in [0.5, 0.6) is 11.5 Å². The van der Waals surface area contributed by atoms with E-state index in [1.165, 1.54) is 12.1 Å². The van der Waals surface area contributed by atoms with Gasteiger partial charge in [0.15, 0.2) is 0 Å². The quantitative estimate of drug-likeness (QED) is 0.658. The Morgan fingerprint density at radius 3 is 2.19 bits per heavy atom. The number of carbonyl (C=O) groups excluding carboxylic acids is 1. The maximum atomic E-state index is 12.8. The first-order valence-electron chi connectivity index (χ1n) is 8.31. The fraction of sp³-hybridized carbons (Fsp3) is 0.0952. The van der Waals surface area contributed by atoms with Crippen molar-refractivity contribution in [3.63, 3.8) is 0 Å². The molecular formula is C21H19FN2O2. The Kier molecular flexibility index (Phi) is 5.83. The third kappa shape index (κ3) is 5.34. The molecule has 2 amide bonds. The van der Waals surface area contributed by atoms with Crippen LogP contribution in [-0.2, 0) is 6.42 Å². The predicted molar refractivity (Wildman–Crippen MR) is 100 cm³/mol. The standard InChI is InChI=1S/C21H19FN2O2/c22-17-8-6-16(7-9-17)14-15-23-21(25)24-18-10-12-20(13-11-18)26-19-4-2-1-3-5-19/h1-13H,14-15H2,(H2,23,24,25). The van der Waals surface area contributed by atoms with Gasteiger partial charge in [-0.3, -0.25) is 0 Å². The molecule has 3 rings (SSSR count). The van der Waals surface area contributed by atoms with Gasteiger partial charge in [0.05, 0.1) is 0 Å². The molecule has 0 aromatic heterocycles. The van der Waals surface area contributed by atoms with Gasteiger partial charge in [-0.2, -0.15) is 0 Å². The number of halogens is 1. The van der Waals surface area contributed by atoms with Crippen molar-refractivity contribution < 1.29 is 13.9 Å². The van der Waals surface area contributed by atoms with E-state index in [1.807, 2.05) is 30.3 Å². The number of anilines is 1. The van der Waals surface area contributed by atoms with Crippen LogP contribution in [-0.4, -0.2) is 12.6 Å². The first-order chi connectivity index (χ1) is 12.7. The first-order valence-corrected chi connectivity index (χ1v) is 8.31. The van der Waals surface area contributed by atoms with E-state index in [-0.39, 0.29) is 11.8 Å². The molecule has 0 aliphatic heterocycles. The Balaban J connectivity index is 1.44. The zero-order valence-corrected chi connectivity index (χ0v) is 14.1. The van der Waals surface area contributed by atoms with Crippen LogP contribution < -0.4 is 15.4 Å². The summed E-state index contributed by atoms with van der Waals surface area (Å²) in [7, 11) is 0. The highest BCUT2D eigenvalue weighted by Crippen LogP contribution is 2.22. The Morgan fingerprint density at radius 1 is 0.846 bits per heavy atom. The van der Waals surface area contributed by atoms with Gasteiger partial charge in [0.2, 0.25) is 0 Å². The van der Waals surface area contributed by atoms with E-state index in [2.05, 4.69) is 10.6 Å². The minimum absolute atomic E-state index is 0.265. The molecule has 0 fully saturated rings. The van der Waals surface area contributed by atoms with E-state index < -0.39 is 0 Å². The number of ether oxygens (including phenoxy) is 1. The lowest BCUT2D eigenvalue weighted by atomic mass is 10.1. The molecule has 0 aliphatic rings. The number of rotatable bonds is 6. The van der Waals surface area contributed by atoms with Crippen molar-refractivity contribution >= 4 is 11.7 Å². The summed E-state index contributed by atoms with van der Waals surface area (Å²) in [6.07, 6.45) is 0.636. The second kappa shape index (κ2) is 8.67. The van der Waals surface area contributed by atoms with Crippen molar-refractivity contribution in [2.45, 2.75) is 6.42 Å². The van der Waals surface area contributed by atoms with Crippen LogP contribution in [0.15, 0.2) is 78.9 Å². The van der Waals surface area contributed by atoms with Crippen LogP contribution in [0.3, 0.4) is 0 Å². The van der Waals surface area contributed by atoms with Gasteiger partial charge in [-0.15, -0.1) is 0 Å². The number of para-hydroxylation sites is 1. The van der Waals surface area contributed by atoms with Crippen molar-refractivity contribution in [2.24, 2.45) is 0 Å². The van der Waals surface area contributed by atoms with E-state index in [0.29, 0.717) is 24.4 Å².